The van der Waals surface area contributed by atoms with Crippen molar-refractivity contribution in [3.05, 3.63) is 35.9 Å². The lowest BCUT2D eigenvalue weighted by Gasteiger charge is -2.35. The number of aliphatic hydroxyl groups is 1. The third-order valence-electron chi connectivity index (χ3n) is 6.48. The third kappa shape index (κ3) is 4.64. The van der Waals surface area contributed by atoms with Crippen LogP contribution < -0.4 is 15.0 Å². The fraction of sp³-hybridized carbons (Fsp3) is 0.480. The number of ether oxygens (including phenoxy) is 3. The van der Waals surface area contributed by atoms with E-state index in [2.05, 4.69) is 17.1 Å². The Kier molecular flexibility index (Phi) is 6.75. The Labute approximate surface area is 199 Å². The smallest absolute Gasteiger partial charge is 0.226 e. The zero-order chi connectivity index (χ0) is 23.5. The summed E-state index contributed by atoms with van der Waals surface area (Å²) in [4.78, 5) is 16.9. The molecule has 1 aromatic carbocycles. The molecular weight excluding hydrogens is 434 g/mol. The van der Waals surface area contributed by atoms with E-state index in [0.29, 0.717) is 36.1 Å². The quantitative estimate of drug-likeness (QED) is 0.569. The molecule has 1 atom stereocenters. The van der Waals surface area contributed by atoms with Crippen LogP contribution in [0.25, 0.3) is 22.3 Å². The number of hydrogen-bond donors (Lipinski definition) is 2. The van der Waals surface area contributed by atoms with E-state index in [-0.39, 0.29) is 18.7 Å². The second kappa shape index (κ2) is 10.1. The van der Waals surface area contributed by atoms with E-state index in [1.54, 1.807) is 7.11 Å². The van der Waals surface area contributed by atoms with Crippen molar-refractivity contribution in [2.45, 2.75) is 38.5 Å². The maximum absolute atomic E-state index is 9.74. The Bertz CT molecular complexity index is 1150. The zero-order valence-corrected chi connectivity index (χ0v) is 19.7. The molecule has 2 aliphatic rings. The molecule has 0 radical (unpaired) electrons. The number of nitrogens with one attached hydrogen (secondary N) is 1. The third-order valence-corrected chi connectivity index (χ3v) is 6.48. The van der Waals surface area contributed by atoms with Crippen LogP contribution in [0.4, 0.5) is 11.8 Å². The number of anilines is 2. The molecule has 0 aliphatic carbocycles. The van der Waals surface area contributed by atoms with Crippen molar-refractivity contribution in [1.82, 2.24) is 15.0 Å². The van der Waals surface area contributed by atoms with Crippen molar-refractivity contribution < 1.29 is 19.3 Å². The van der Waals surface area contributed by atoms with Gasteiger partial charge in [-0.1, -0.05) is 0 Å². The van der Waals surface area contributed by atoms with Crippen LogP contribution in [0, 0.1) is 0 Å². The van der Waals surface area contributed by atoms with E-state index in [1.165, 1.54) is 0 Å². The summed E-state index contributed by atoms with van der Waals surface area (Å²) in [6, 6.07) is 10.2. The van der Waals surface area contributed by atoms with Gasteiger partial charge in [0.05, 0.1) is 44.1 Å². The molecule has 2 aromatic heterocycles. The van der Waals surface area contributed by atoms with Crippen LogP contribution in [0.2, 0.25) is 0 Å². The Hall–Kier alpha value is -3.01. The van der Waals surface area contributed by atoms with Crippen LogP contribution in [-0.2, 0) is 16.1 Å². The van der Waals surface area contributed by atoms with Crippen LogP contribution in [0.5, 0.6) is 5.75 Å². The van der Waals surface area contributed by atoms with E-state index in [4.69, 9.17) is 29.2 Å². The van der Waals surface area contributed by atoms with Crippen molar-refractivity contribution in [2.24, 2.45) is 0 Å². The Morgan fingerprint density at radius 2 is 1.94 bits per heavy atom. The molecule has 0 spiro atoms. The number of nitrogens with zero attached hydrogens (tertiary/aromatic N) is 4. The van der Waals surface area contributed by atoms with Crippen molar-refractivity contribution in [3.8, 4) is 17.0 Å². The average molecular weight is 466 g/mol. The van der Waals surface area contributed by atoms with Crippen LogP contribution >= 0.6 is 0 Å². The summed E-state index contributed by atoms with van der Waals surface area (Å²) in [6.07, 6.45) is 1.85. The molecule has 9 heteroatoms. The molecule has 0 amide bonds. The predicted octanol–water partition coefficient (Wildman–Crippen LogP) is 3.01. The number of fused-ring (bicyclic) bond motifs is 1. The second-order valence-corrected chi connectivity index (χ2v) is 8.77. The minimum absolute atomic E-state index is 0.106. The van der Waals surface area contributed by atoms with Gasteiger partial charge in [0.2, 0.25) is 5.95 Å². The van der Waals surface area contributed by atoms with Crippen LogP contribution in [0.15, 0.2) is 30.3 Å². The molecule has 9 nitrogen and oxygen atoms in total. The summed E-state index contributed by atoms with van der Waals surface area (Å²) in [5.41, 5.74) is 3.03. The molecule has 34 heavy (non-hydrogen) atoms. The van der Waals surface area contributed by atoms with Gasteiger partial charge in [-0.3, -0.25) is 0 Å². The van der Waals surface area contributed by atoms with Gasteiger partial charge in [-0.25, -0.2) is 4.98 Å². The first-order chi connectivity index (χ1) is 16.7. The van der Waals surface area contributed by atoms with Crippen molar-refractivity contribution in [2.75, 3.05) is 50.3 Å². The van der Waals surface area contributed by atoms with E-state index in [1.807, 2.05) is 30.3 Å². The minimum Gasteiger partial charge on any atom is -0.496 e. The Morgan fingerprint density at radius 1 is 1.09 bits per heavy atom. The topological polar surface area (TPSA) is 102 Å². The molecule has 4 heterocycles. The molecule has 3 aromatic rings. The second-order valence-electron chi connectivity index (χ2n) is 8.77. The first-order valence-corrected chi connectivity index (χ1v) is 11.8. The lowest BCUT2D eigenvalue weighted by atomic mass is 10.1. The number of morpholine rings is 1. The predicted molar refractivity (Wildman–Crippen MR) is 130 cm³/mol. The largest absolute Gasteiger partial charge is 0.496 e. The van der Waals surface area contributed by atoms with Gasteiger partial charge < -0.3 is 29.5 Å². The lowest BCUT2D eigenvalue weighted by molar-refractivity contribution is 0.0903. The molecule has 180 valence electrons. The fourth-order valence-corrected chi connectivity index (χ4v) is 4.57. The fourth-order valence-electron chi connectivity index (χ4n) is 4.57. The molecule has 0 bridgehead atoms. The van der Waals surface area contributed by atoms with E-state index in [9.17, 15) is 5.11 Å². The molecule has 1 unspecified atom stereocenters. The summed E-state index contributed by atoms with van der Waals surface area (Å²) in [5.74, 6) is 2.12. The number of benzene rings is 1. The molecule has 2 saturated heterocycles. The monoisotopic (exact) mass is 465 g/mol. The molecule has 5 rings (SSSR count). The first-order valence-electron chi connectivity index (χ1n) is 11.8. The van der Waals surface area contributed by atoms with Crippen LogP contribution in [0.3, 0.4) is 0 Å². The molecule has 2 fully saturated rings. The molecule has 2 N–H and O–H groups in total. The minimum atomic E-state index is -0.106. The van der Waals surface area contributed by atoms with E-state index >= 15 is 0 Å². The number of rotatable bonds is 6. The summed E-state index contributed by atoms with van der Waals surface area (Å²) >= 11 is 0. The maximum atomic E-state index is 9.74. The van der Waals surface area contributed by atoms with Gasteiger partial charge in [0.1, 0.15) is 11.6 Å². The summed E-state index contributed by atoms with van der Waals surface area (Å²) in [7, 11) is 1.60. The number of hydrogen-bond acceptors (Lipinski definition) is 9. The highest BCUT2D eigenvalue weighted by Gasteiger charge is 2.25. The summed E-state index contributed by atoms with van der Waals surface area (Å²) in [5, 5.41) is 14.2. The Morgan fingerprint density at radius 3 is 2.71 bits per heavy atom. The highest BCUT2D eigenvalue weighted by molar-refractivity contribution is 5.90. The number of pyridine rings is 1. The van der Waals surface area contributed by atoms with Gasteiger partial charge in [-0.05, 0) is 50.1 Å². The number of aliphatic hydroxyl groups excluding tert-OH is 1. The van der Waals surface area contributed by atoms with Gasteiger partial charge in [0.15, 0.2) is 5.65 Å². The first kappa shape index (κ1) is 22.8. The average Bonchev–Trinajstić information content (AvgIpc) is 2.88. The SMILES string of the molecule is COc1ccc(-c2ccc3c(N4CCOCC4C)nc(NC4CCOCC4)nc3n2)cc1CO. The van der Waals surface area contributed by atoms with Gasteiger partial charge in [-0.15, -0.1) is 0 Å². The number of methoxy groups -OCH3 is 1. The van der Waals surface area contributed by atoms with Crippen molar-refractivity contribution in [3.63, 3.8) is 0 Å². The van der Waals surface area contributed by atoms with Gasteiger partial charge >= 0.3 is 0 Å². The van der Waals surface area contributed by atoms with E-state index in [0.717, 1.165) is 55.1 Å². The van der Waals surface area contributed by atoms with Gasteiger partial charge in [0.25, 0.3) is 0 Å². The van der Waals surface area contributed by atoms with Gasteiger partial charge in [0, 0.05) is 36.9 Å². The van der Waals surface area contributed by atoms with Crippen LogP contribution in [0.1, 0.15) is 25.3 Å². The normalized spacial score (nSPS) is 19.4. The van der Waals surface area contributed by atoms with Crippen molar-refractivity contribution >= 4 is 22.8 Å². The molecule has 0 saturated carbocycles. The maximum Gasteiger partial charge on any atom is 0.226 e. The molecular formula is C25H31N5O4. The van der Waals surface area contributed by atoms with E-state index < -0.39 is 0 Å². The lowest BCUT2D eigenvalue weighted by Crippen LogP contribution is -2.44. The number of aromatic nitrogens is 3. The van der Waals surface area contributed by atoms with Crippen molar-refractivity contribution in [1.29, 1.82) is 0 Å². The highest BCUT2D eigenvalue weighted by atomic mass is 16.5. The standard InChI is InChI=1S/C25H31N5O4/c1-16-15-34-12-9-30(16)24-20-4-5-21(17-3-6-22(32-2)18(13-17)14-31)27-23(20)28-25(29-24)26-19-7-10-33-11-8-19/h3-6,13,16,19,31H,7-12,14-15H2,1-2H3,(H,26,27,28,29). The summed E-state index contributed by atoms with van der Waals surface area (Å²) < 4.78 is 16.5. The Balaban J connectivity index is 1.57. The highest BCUT2D eigenvalue weighted by Crippen LogP contribution is 2.31. The molecule has 2 aliphatic heterocycles. The van der Waals surface area contributed by atoms with Gasteiger partial charge in [-0.2, -0.15) is 9.97 Å². The summed E-state index contributed by atoms with van der Waals surface area (Å²) in [6.45, 7) is 5.62. The zero-order valence-electron chi connectivity index (χ0n) is 19.7. The van der Waals surface area contributed by atoms with Crippen LogP contribution in [-0.4, -0.2) is 72.2 Å².